The van der Waals surface area contributed by atoms with E-state index in [0.717, 1.165) is 20.6 Å². The zero-order chi connectivity index (χ0) is 44.3. The van der Waals surface area contributed by atoms with Crippen molar-refractivity contribution in [2.24, 2.45) is 11.8 Å². The van der Waals surface area contributed by atoms with Crippen LogP contribution in [0.3, 0.4) is 0 Å². The fraction of sp³-hybridized carbons (Fsp3) is 0.467. The van der Waals surface area contributed by atoms with Crippen LogP contribution in [-0.2, 0) is 58.5 Å². The van der Waals surface area contributed by atoms with Crippen LogP contribution in [0.25, 0.3) is 0 Å². The van der Waals surface area contributed by atoms with Crippen LogP contribution in [0.5, 0.6) is 0 Å². The highest BCUT2D eigenvalue weighted by atomic mass is 35.5. The van der Waals surface area contributed by atoms with Crippen LogP contribution in [0, 0.1) is 11.8 Å². The standard InChI is InChI=1S/C45H50Cl2N4O10/c1-9-13-19-49-28-17-15-24(46)21-26(28)44(42(49)56)31-23-30(48(5)6)32(34(44)39(53)60-11-3)37-45(27-22-25(47)16-18-29(27)50(43(45)57)20-14-10-2)35(40(54)61-12-4)33(38(52)58-7)36(51(31)37)41(55)59-8/h15-18,21-23,31,34-35H,9-14,19-20H2,1-8H3. The van der Waals surface area contributed by atoms with Crippen molar-refractivity contribution in [3.8, 4) is 0 Å². The molecule has 61 heavy (non-hydrogen) atoms. The molecule has 14 nitrogen and oxygen atoms in total. The molecule has 8 rings (SSSR count). The first kappa shape index (κ1) is 43.7. The van der Waals surface area contributed by atoms with Crippen LogP contribution in [0.4, 0.5) is 11.4 Å². The van der Waals surface area contributed by atoms with Crippen molar-refractivity contribution in [2.75, 3.05) is 64.4 Å². The third-order valence-electron chi connectivity index (χ3n) is 12.5. The molecule has 2 aromatic rings. The number of carbonyl (C=O) groups is 6. The maximum Gasteiger partial charge on any atom is 0.355 e. The number of anilines is 2. The smallest absolute Gasteiger partial charge is 0.355 e. The number of unbranched alkanes of at least 4 members (excludes halogenated alkanes) is 2. The quantitative estimate of drug-likeness (QED) is 0.176. The van der Waals surface area contributed by atoms with Gasteiger partial charge in [-0.25, -0.2) is 9.59 Å². The number of allylic oxidation sites excluding steroid dienone is 1. The van der Waals surface area contributed by atoms with Crippen molar-refractivity contribution in [1.82, 2.24) is 9.80 Å². The zero-order valence-corrected chi connectivity index (χ0v) is 37.1. The molecule has 5 unspecified atom stereocenters. The summed E-state index contributed by atoms with van der Waals surface area (Å²) >= 11 is 13.6. The molecule has 0 aromatic heterocycles. The summed E-state index contributed by atoms with van der Waals surface area (Å²) in [4.78, 5) is 98.0. The fourth-order valence-corrected chi connectivity index (χ4v) is 10.6. The molecule has 0 fully saturated rings. The van der Waals surface area contributed by atoms with E-state index >= 15 is 19.2 Å². The number of methoxy groups -OCH3 is 2. The van der Waals surface area contributed by atoms with E-state index in [-0.39, 0.29) is 53.2 Å². The lowest BCUT2D eigenvalue weighted by atomic mass is 9.51. The lowest BCUT2D eigenvalue weighted by molar-refractivity contribution is -0.158. The van der Waals surface area contributed by atoms with Gasteiger partial charge in [0, 0.05) is 71.1 Å². The lowest BCUT2D eigenvalue weighted by Crippen LogP contribution is -2.71. The van der Waals surface area contributed by atoms with Gasteiger partial charge in [-0.05, 0) is 74.7 Å². The Labute approximate surface area is 365 Å². The summed E-state index contributed by atoms with van der Waals surface area (Å²) in [6.07, 6.45) is 4.35. The van der Waals surface area contributed by atoms with Gasteiger partial charge in [-0.3, -0.25) is 19.2 Å². The van der Waals surface area contributed by atoms with Gasteiger partial charge in [0.15, 0.2) is 0 Å². The number of benzene rings is 2. The monoisotopic (exact) mass is 876 g/mol. The molecule has 0 saturated heterocycles. The van der Waals surface area contributed by atoms with E-state index < -0.39 is 75.7 Å². The second-order valence-electron chi connectivity index (χ2n) is 15.8. The van der Waals surface area contributed by atoms with Gasteiger partial charge in [-0.15, -0.1) is 0 Å². The van der Waals surface area contributed by atoms with E-state index in [4.69, 9.17) is 42.1 Å². The molecule has 5 heterocycles. The lowest BCUT2D eigenvalue weighted by Gasteiger charge is -2.61. The summed E-state index contributed by atoms with van der Waals surface area (Å²) in [5, 5.41) is 0.477. The Morgan fingerprint density at radius 1 is 0.738 bits per heavy atom. The Morgan fingerprint density at radius 2 is 1.26 bits per heavy atom. The zero-order valence-electron chi connectivity index (χ0n) is 35.6. The SMILES string of the molecule is CCCCN1C(=O)C2(C3=C4C(N(C)C)=CC(N3C(C(=O)OC)=C(C(=O)OC)C2C(=O)OCC)C2(C(=O)N(CCCC)c3ccc(Cl)cc32)C4C(=O)OCC)c2cc(Cl)ccc21. The molecule has 16 heteroatoms. The molecular weight excluding hydrogens is 827 g/mol. The van der Waals surface area contributed by atoms with Crippen molar-refractivity contribution in [1.29, 1.82) is 0 Å². The summed E-state index contributed by atoms with van der Waals surface area (Å²) in [6.45, 7) is 7.43. The number of amides is 2. The van der Waals surface area contributed by atoms with E-state index in [1.165, 1.54) is 4.90 Å². The first-order valence-electron chi connectivity index (χ1n) is 20.6. The van der Waals surface area contributed by atoms with Crippen molar-refractivity contribution >= 4 is 70.3 Å². The van der Waals surface area contributed by atoms with Crippen LogP contribution in [0.2, 0.25) is 10.0 Å². The Balaban J connectivity index is 1.78. The number of fused-ring (bicyclic) bond motifs is 3. The summed E-state index contributed by atoms with van der Waals surface area (Å²) in [6, 6.07) is 8.53. The van der Waals surface area contributed by atoms with Crippen LogP contribution in [0.1, 0.15) is 64.5 Å². The second kappa shape index (κ2) is 16.5. The van der Waals surface area contributed by atoms with E-state index in [0.29, 0.717) is 41.9 Å². The van der Waals surface area contributed by atoms with Crippen molar-refractivity contribution in [2.45, 2.75) is 70.3 Å². The highest BCUT2D eigenvalue weighted by Gasteiger charge is 2.77. The highest BCUT2D eigenvalue weighted by molar-refractivity contribution is 6.32. The Kier molecular flexibility index (Phi) is 11.8. The van der Waals surface area contributed by atoms with Crippen LogP contribution < -0.4 is 9.80 Å². The normalized spacial score (nSPS) is 24.6. The first-order chi connectivity index (χ1) is 29.2. The minimum absolute atomic E-state index is 0.00869. The molecule has 0 saturated carbocycles. The number of hydrogen-bond donors (Lipinski definition) is 0. The number of rotatable bonds is 13. The molecule has 2 aromatic carbocycles. The summed E-state index contributed by atoms with van der Waals surface area (Å²) in [7, 11) is 5.71. The van der Waals surface area contributed by atoms with Gasteiger partial charge in [0.05, 0.1) is 39.0 Å². The third-order valence-corrected chi connectivity index (χ3v) is 13.0. The number of halogens is 2. The maximum absolute atomic E-state index is 16.2. The molecule has 1 aliphatic carbocycles. The van der Waals surface area contributed by atoms with E-state index in [1.54, 1.807) is 85.1 Å². The molecule has 0 N–H and O–H groups in total. The summed E-state index contributed by atoms with van der Waals surface area (Å²) in [5.41, 5.74) is -3.10. The van der Waals surface area contributed by atoms with E-state index in [1.807, 2.05) is 13.8 Å². The number of esters is 4. The minimum atomic E-state index is -2.25. The summed E-state index contributed by atoms with van der Waals surface area (Å²) < 4.78 is 22.6. The van der Waals surface area contributed by atoms with Crippen LogP contribution in [0.15, 0.2) is 70.7 Å². The highest BCUT2D eigenvalue weighted by Crippen LogP contribution is 2.68. The number of ether oxygens (including phenoxy) is 4. The van der Waals surface area contributed by atoms with E-state index in [9.17, 15) is 9.59 Å². The average Bonchev–Trinajstić information content (AvgIpc) is 3.61. The molecule has 324 valence electrons. The first-order valence-corrected chi connectivity index (χ1v) is 21.4. The topological polar surface area (TPSA) is 152 Å². The molecule has 5 atom stereocenters. The van der Waals surface area contributed by atoms with Gasteiger partial charge >= 0.3 is 23.9 Å². The van der Waals surface area contributed by atoms with Gasteiger partial charge < -0.3 is 38.5 Å². The molecule has 2 spiro atoms. The Bertz CT molecular complexity index is 2340. The number of nitrogens with zero attached hydrogens (tertiary/aromatic N) is 4. The predicted octanol–water partition coefficient (Wildman–Crippen LogP) is 5.83. The van der Waals surface area contributed by atoms with Crippen molar-refractivity contribution < 1.29 is 47.7 Å². The van der Waals surface area contributed by atoms with Crippen LogP contribution in [-0.4, -0.2) is 106 Å². The van der Waals surface area contributed by atoms with Crippen molar-refractivity contribution in [3.63, 3.8) is 0 Å². The number of hydrogen-bond acceptors (Lipinski definition) is 12. The minimum Gasteiger partial charge on any atom is -0.466 e. The van der Waals surface area contributed by atoms with Gasteiger partial charge in [0.1, 0.15) is 28.4 Å². The molecule has 0 radical (unpaired) electrons. The van der Waals surface area contributed by atoms with E-state index in [2.05, 4.69) is 0 Å². The molecule has 2 amide bonds. The predicted molar refractivity (Wildman–Crippen MR) is 227 cm³/mol. The van der Waals surface area contributed by atoms with Gasteiger partial charge in [0.25, 0.3) is 0 Å². The maximum atomic E-state index is 16.2. The van der Waals surface area contributed by atoms with Crippen molar-refractivity contribution in [3.05, 3.63) is 91.9 Å². The number of likely N-dealkylation sites (N-methyl/N-ethyl adjacent to an activating group) is 1. The molecule has 6 aliphatic rings. The second-order valence-corrected chi connectivity index (χ2v) is 16.6. The summed E-state index contributed by atoms with van der Waals surface area (Å²) in [5.74, 6) is -8.52. The Hall–Kier alpha value is -5.34. The molecule has 5 aliphatic heterocycles. The van der Waals surface area contributed by atoms with Crippen LogP contribution >= 0.6 is 23.2 Å². The Morgan fingerprint density at radius 3 is 1.79 bits per heavy atom. The van der Waals surface area contributed by atoms with Gasteiger partial charge in [-0.2, -0.15) is 0 Å². The number of carbonyl (C=O) groups excluding carboxylic acids is 6. The fourth-order valence-electron chi connectivity index (χ4n) is 10.2. The third kappa shape index (κ3) is 6.02. The largest absolute Gasteiger partial charge is 0.466 e. The molecule has 2 bridgehead atoms. The molecular formula is C45H50Cl2N4O10. The van der Waals surface area contributed by atoms with Gasteiger partial charge in [-0.1, -0.05) is 49.9 Å². The average molecular weight is 878 g/mol. The van der Waals surface area contributed by atoms with Gasteiger partial charge in [0.2, 0.25) is 11.8 Å².